The van der Waals surface area contributed by atoms with E-state index in [0.717, 1.165) is 44.1 Å². The first-order valence-electron chi connectivity index (χ1n) is 13.3. The van der Waals surface area contributed by atoms with Gasteiger partial charge in [0.25, 0.3) is 5.91 Å². The summed E-state index contributed by atoms with van der Waals surface area (Å²) in [6.07, 6.45) is 7.62. The van der Waals surface area contributed by atoms with Crippen molar-refractivity contribution in [1.29, 1.82) is 0 Å². The maximum atomic E-state index is 13.1. The minimum atomic E-state index is -1.03. The van der Waals surface area contributed by atoms with Gasteiger partial charge < -0.3 is 25.8 Å². The zero-order chi connectivity index (χ0) is 27.5. The number of nitrogens with one attached hydrogen (secondary N) is 3. The molecule has 3 rings (SSSR count). The predicted molar refractivity (Wildman–Crippen MR) is 144 cm³/mol. The number of phenolic OH excluding ortho intramolecular Hbond substituents is 1. The quantitative estimate of drug-likeness (QED) is 0.244. The molecular weight excluding hydrogens is 486 g/mol. The summed E-state index contributed by atoms with van der Waals surface area (Å²) in [6.45, 7) is 3.98. The summed E-state index contributed by atoms with van der Waals surface area (Å²) < 4.78 is 4.84. The lowest BCUT2D eigenvalue weighted by atomic mass is 9.87. The van der Waals surface area contributed by atoms with E-state index in [-0.39, 0.29) is 23.8 Å². The second-order valence-corrected chi connectivity index (χ2v) is 9.85. The number of nitrogens with zero attached hydrogens (tertiary/aromatic N) is 2. The van der Waals surface area contributed by atoms with Crippen LogP contribution in [0.4, 0.5) is 5.95 Å². The smallest absolute Gasteiger partial charge is 0.330 e. The Morgan fingerprint density at radius 3 is 2.47 bits per heavy atom. The lowest BCUT2D eigenvalue weighted by Crippen LogP contribution is -2.49. The Balaban J connectivity index is 1.54. The number of amides is 2. The molecule has 0 aliphatic heterocycles. The number of anilines is 1. The Hall–Kier alpha value is -3.69. The van der Waals surface area contributed by atoms with Gasteiger partial charge in [-0.25, -0.2) is 14.8 Å². The number of carbonyl (C=O) groups excluding carboxylic acids is 3. The Morgan fingerprint density at radius 2 is 1.82 bits per heavy atom. The van der Waals surface area contributed by atoms with Crippen LogP contribution in [0.3, 0.4) is 0 Å². The molecule has 2 aromatic rings. The zero-order valence-corrected chi connectivity index (χ0v) is 22.5. The van der Waals surface area contributed by atoms with Crippen molar-refractivity contribution < 1.29 is 24.2 Å². The fourth-order valence-corrected chi connectivity index (χ4v) is 4.84. The summed E-state index contributed by atoms with van der Waals surface area (Å²) in [6, 6.07) is 6.12. The van der Waals surface area contributed by atoms with Gasteiger partial charge in [0.15, 0.2) is 0 Å². The van der Waals surface area contributed by atoms with Crippen molar-refractivity contribution in [2.24, 2.45) is 5.92 Å². The van der Waals surface area contributed by atoms with Gasteiger partial charge in [0.2, 0.25) is 11.9 Å². The summed E-state index contributed by atoms with van der Waals surface area (Å²) in [5, 5.41) is 18.2. The van der Waals surface area contributed by atoms with Crippen LogP contribution in [0.25, 0.3) is 0 Å². The van der Waals surface area contributed by atoms with E-state index in [9.17, 15) is 19.5 Å². The number of aryl methyl sites for hydroxylation is 3. The summed E-state index contributed by atoms with van der Waals surface area (Å²) >= 11 is 0. The number of methoxy groups -OCH3 is 1. The highest BCUT2D eigenvalue weighted by Crippen LogP contribution is 2.26. The lowest BCUT2D eigenvalue weighted by molar-refractivity contribution is -0.142. The normalized spacial score (nSPS) is 14.4. The molecule has 1 fully saturated rings. The maximum Gasteiger partial charge on any atom is 0.330 e. The second-order valence-electron chi connectivity index (χ2n) is 9.85. The number of aromatic nitrogens is 2. The molecule has 10 heteroatoms. The minimum Gasteiger partial charge on any atom is -0.508 e. The SMILES string of the molecule is COC(=O)C(CNC(=O)CC1CCCCC1)NC(=O)c1c(C)nc(NCCCc2cccc(O)c2)nc1C. The molecule has 1 aromatic carbocycles. The molecule has 2 amide bonds. The van der Waals surface area contributed by atoms with Gasteiger partial charge in [-0.2, -0.15) is 0 Å². The van der Waals surface area contributed by atoms with E-state index in [1.807, 2.05) is 12.1 Å². The van der Waals surface area contributed by atoms with E-state index >= 15 is 0 Å². The van der Waals surface area contributed by atoms with E-state index in [1.54, 1.807) is 26.0 Å². The number of carbonyl (C=O) groups is 3. The van der Waals surface area contributed by atoms with Gasteiger partial charge in [0, 0.05) is 19.5 Å². The monoisotopic (exact) mass is 525 g/mol. The summed E-state index contributed by atoms with van der Waals surface area (Å²) in [5.41, 5.74) is 2.25. The average molecular weight is 526 g/mol. The second kappa shape index (κ2) is 14.3. The predicted octanol–water partition coefficient (Wildman–Crippen LogP) is 3.20. The first kappa shape index (κ1) is 28.9. The van der Waals surface area contributed by atoms with Crippen LogP contribution in [0.5, 0.6) is 5.75 Å². The van der Waals surface area contributed by atoms with Gasteiger partial charge in [-0.1, -0.05) is 31.4 Å². The average Bonchev–Trinajstić information content (AvgIpc) is 2.89. The molecule has 0 bridgehead atoms. The largest absolute Gasteiger partial charge is 0.508 e. The molecule has 1 aliphatic rings. The number of hydrogen-bond donors (Lipinski definition) is 4. The third-order valence-electron chi connectivity index (χ3n) is 6.83. The topological polar surface area (TPSA) is 143 Å². The van der Waals surface area contributed by atoms with Crippen LogP contribution in [-0.2, 0) is 20.7 Å². The molecule has 0 saturated heterocycles. The summed E-state index contributed by atoms with van der Waals surface area (Å²) in [4.78, 5) is 46.7. The number of rotatable bonds is 12. The van der Waals surface area contributed by atoms with Gasteiger partial charge in [-0.05, 0) is 63.1 Å². The van der Waals surface area contributed by atoms with Gasteiger partial charge in [0.05, 0.1) is 24.1 Å². The molecule has 0 spiro atoms. The Morgan fingerprint density at radius 1 is 1.11 bits per heavy atom. The van der Waals surface area contributed by atoms with Crippen LogP contribution in [-0.4, -0.2) is 59.1 Å². The Kier molecular flexibility index (Phi) is 10.9. The summed E-state index contributed by atoms with van der Waals surface area (Å²) in [7, 11) is 1.24. The molecule has 1 aliphatic carbocycles. The maximum absolute atomic E-state index is 13.1. The third kappa shape index (κ3) is 8.71. The standard InChI is InChI=1S/C28H39N5O5/c1-18-25(19(2)32-28(31-18)29-14-8-12-20-11-7-13-22(34)15-20)26(36)33-23(27(37)38-3)17-30-24(35)16-21-9-5-4-6-10-21/h7,11,13,15,21,23,34H,4-6,8-10,12,14,16-17H2,1-3H3,(H,30,35)(H,33,36)(H,29,31,32). The molecule has 10 nitrogen and oxygen atoms in total. The van der Waals surface area contributed by atoms with E-state index in [1.165, 1.54) is 13.5 Å². The van der Waals surface area contributed by atoms with Crippen LogP contribution in [0.1, 0.15) is 72.3 Å². The lowest BCUT2D eigenvalue weighted by Gasteiger charge is -2.22. The van der Waals surface area contributed by atoms with Crippen LogP contribution < -0.4 is 16.0 Å². The van der Waals surface area contributed by atoms with Crippen LogP contribution in [0, 0.1) is 19.8 Å². The number of esters is 1. The number of phenols is 1. The molecule has 1 unspecified atom stereocenters. The van der Waals surface area contributed by atoms with Crippen molar-refractivity contribution in [2.45, 2.75) is 71.3 Å². The molecule has 206 valence electrons. The van der Waals surface area contributed by atoms with Crippen molar-refractivity contribution in [3.63, 3.8) is 0 Å². The molecule has 1 atom stereocenters. The highest BCUT2D eigenvalue weighted by Gasteiger charge is 2.26. The van der Waals surface area contributed by atoms with E-state index < -0.39 is 17.9 Å². The van der Waals surface area contributed by atoms with Gasteiger partial charge in [0.1, 0.15) is 11.8 Å². The highest BCUT2D eigenvalue weighted by molar-refractivity contribution is 5.98. The molecule has 1 aromatic heterocycles. The van der Waals surface area contributed by atoms with Crippen LogP contribution in [0.15, 0.2) is 24.3 Å². The molecule has 1 saturated carbocycles. The fraction of sp³-hybridized carbons (Fsp3) is 0.536. The molecule has 0 radical (unpaired) electrons. The fourth-order valence-electron chi connectivity index (χ4n) is 4.84. The first-order valence-corrected chi connectivity index (χ1v) is 13.3. The van der Waals surface area contributed by atoms with Crippen molar-refractivity contribution in [1.82, 2.24) is 20.6 Å². The first-order chi connectivity index (χ1) is 18.3. The van der Waals surface area contributed by atoms with E-state index in [4.69, 9.17) is 4.74 Å². The van der Waals surface area contributed by atoms with Crippen molar-refractivity contribution in [3.05, 3.63) is 46.8 Å². The van der Waals surface area contributed by atoms with E-state index in [2.05, 4.69) is 25.9 Å². The molecule has 1 heterocycles. The van der Waals surface area contributed by atoms with Crippen LogP contribution >= 0.6 is 0 Å². The third-order valence-corrected chi connectivity index (χ3v) is 6.83. The number of hydrogen-bond acceptors (Lipinski definition) is 8. The van der Waals surface area contributed by atoms with E-state index in [0.29, 0.717) is 36.2 Å². The molecule has 4 N–H and O–H groups in total. The highest BCUT2D eigenvalue weighted by atomic mass is 16.5. The zero-order valence-electron chi connectivity index (χ0n) is 22.5. The van der Waals surface area contributed by atoms with Gasteiger partial charge in [-0.3, -0.25) is 9.59 Å². The molecule has 38 heavy (non-hydrogen) atoms. The minimum absolute atomic E-state index is 0.0538. The number of aromatic hydroxyl groups is 1. The summed E-state index contributed by atoms with van der Waals surface area (Å²) in [5.74, 6) is -0.251. The van der Waals surface area contributed by atoms with Gasteiger partial charge >= 0.3 is 5.97 Å². The van der Waals surface area contributed by atoms with Crippen molar-refractivity contribution in [2.75, 3.05) is 25.5 Å². The number of ether oxygens (including phenoxy) is 1. The molecular formula is C28H39N5O5. The Labute approximate surface area is 224 Å². The van der Waals surface area contributed by atoms with Crippen molar-refractivity contribution >= 4 is 23.7 Å². The van der Waals surface area contributed by atoms with Crippen molar-refractivity contribution in [3.8, 4) is 5.75 Å². The van der Waals surface area contributed by atoms with Gasteiger partial charge in [-0.15, -0.1) is 0 Å². The van der Waals surface area contributed by atoms with Crippen LogP contribution in [0.2, 0.25) is 0 Å². The Bertz CT molecular complexity index is 1090. The number of benzene rings is 1.